The Hall–Kier alpha value is -2.36. The van der Waals surface area contributed by atoms with Crippen LogP contribution in [0.1, 0.15) is 35.2 Å². The van der Waals surface area contributed by atoms with Crippen LogP contribution in [-0.4, -0.2) is 4.92 Å². The van der Waals surface area contributed by atoms with Gasteiger partial charge < -0.3 is 5.32 Å². The number of rotatable bonds is 4. The van der Waals surface area contributed by atoms with E-state index in [1.807, 2.05) is 19.9 Å². The predicted molar refractivity (Wildman–Crippen MR) is 85.8 cm³/mol. The van der Waals surface area contributed by atoms with Gasteiger partial charge in [-0.2, -0.15) is 0 Å². The number of nitro groups is 1. The van der Waals surface area contributed by atoms with Gasteiger partial charge in [-0.25, -0.2) is 0 Å². The summed E-state index contributed by atoms with van der Waals surface area (Å²) >= 11 is 0. The van der Waals surface area contributed by atoms with Crippen LogP contribution in [-0.2, 0) is 0 Å². The molecule has 0 aliphatic carbocycles. The van der Waals surface area contributed by atoms with Crippen molar-refractivity contribution in [2.75, 3.05) is 5.32 Å². The molecule has 0 fully saturated rings. The molecule has 110 valence electrons. The average molecular weight is 284 g/mol. The second kappa shape index (κ2) is 5.95. The molecule has 2 aromatic carbocycles. The first kappa shape index (κ1) is 15.0. The molecule has 1 N–H and O–H groups in total. The molecule has 0 spiro atoms. The van der Waals surface area contributed by atoms with Crippen LogP contribution in [0.3, 0.4) is 0 Å². The van der Waals surface area contributed by atoms with Crippen molar-refractivity contribution in [2.24, 2.45) is 0 Å². The minimum absolute atomic E-state index is 0.00444. The predicted octanol–water partition coefficient (Wildman–Crippen LogP) is 4.69. The summed E-state index contributed by atoms with van der Waals surface area (Å²) in [4.78, 5) is 10.8. The van der Waals surface area contributed by atoms with Gasteiger partial charge in [0.15, 0.2) is 0 Å². The van der Waals surface area contributed by atoms with Crippen molar-refractivity contribution in [1.29, 1.82) is 0 Å². The summed E-state index contributed by atoms with van der Waals surface area (Å²) in [5.41, 5.74) is 5.25. The van der Waals surface area contributed by atoms with Crippen molar-refractivity contribution in [3.63, 3.8) is 0 Å². The maximum Gasteiger partial charge on any atom is 0.292 e. The van der Waals surface area contributed by atoms with Gasteiger partial charge in [0, 0.05) is 12.1 Å². The van der Waals surface area contributed by atoms with E-state index < -0.39 is 0 Å². The van der Waals surface area contributed by atoms with E-state index >= 15 is 0 Å². The van der Waals surface area contributed by atoms with Gasteiger partial charge in [0.2, 0.25) is 0 Å². The standard InChI is InChI=1S/C17H20N2O2/c1-11-5-8-17(19(20)21)16(9-11)18-14(4)15-7-6-12(2)13(3)10-15/h5-10,14,18H,1-4H3. The lowest BCUT2D eigenvalue weighted by atomic mass is 10.0. The first-order valence-corrected chi connectivity index (χ1v) is 6.97. The molecule has 0 saturated heterocycles. The van der Waals surface area contributed by atoms with Crippen molar-refractivity contribution in [3.8, 4) is 0 Å². The molecule has 0 saturated carbocycles. The summed E-state index contributed by atoms with van der Waals surface area (Å²) in [6, 6.07) is 11.4. The summed E-state index contributed by atoms with van der Waals surface area (Å²) < 4.78 is 0. The summed E-state index contributed by atoms with van der Waals surface area (Å²) in [6.07, 6.45) is 0. The lowest BCUT2D eigenvalue weighted by Gasteiger charge is -2.17. The zero-order chi connectivity index (χ0) is 15.6. The Morgan fingerprint density at radius 1 is 1.05 bits per heavy atom. The quantitative estimate of drug-likeness (QED) is 0.654. The van der Waals surface area contributed by atoms with Crippen molar-refractivity contribution in [1.82, 2.24) is 0 Å². The first-order valence-electron chi connectivity index (χ1n) is 6.97. The number of aryl methyl sites for hydroxylation is 3. The third-order valence-corrected chi connectivity index (χ3v) is 3.75. The van der Waals surface area contributed by atoms with Crippen LogP contribution >= 0.6 is 0 Å². The van der Waals surface area contributed by atoms with E-state index in [-0.39, 0.29) is 16.7 Å². The van der Waals surface area contributed by atoms with E-state index in [1.165, 1.54) is 11.1 Å². The fraction of sp³-hybridized carbons (Fsp3) is 0.294. The average Bonchev–Trinajstić information content (AvgIpc) is 2.41. The number of hydrogen-bond donors (Lipinski definition) is 1. The molecule has 21 heavy (non-hydrogen) atoms. The number of anilines is 1. The fourth-order valence-corrected chi connectivity index (χ4v) is 2.28. The monoisotopic (exact) mass is 284 g/mol. The molecule has 0 aromatic heterocycles. The molecular weight excluding hydrogens is 264 g/mol. The van der Waals surface area contributed by atoms with Crippen LogP contribution in [0.15, 0.2) is 36.4 Å². The Kier molecular flexibility index (Phi) is 4.26. The highest BCUT2D eigenvalue weighted by Gasteiger charge is 2.16. The molecule has 0 amide bonds. The lowest BCUT2D eigenvalue weighted by Crippen LogP contribution is -2.09. The minimum Gasteiger partial charge on any atom is -0.373 e. The molecule has 2 rings (SSSR count). The van der Waals surface area contributed by atoms with Gasteiger partial charge in [-0.3, -0.25) is 10.1 Å². The van der Waals surface area contributed by atoms with Crippen LogP contribution in [0.5, 0.6) is 0 Å². The summed E-state index contributed by atoms with van der Waals surface area (Å²) in [5, 5.41) is 14.4. The van der Waals surface area contributed by atoms with Gasteiger partial charge in [-0.15, -0.1) is 0 Å². The van der Waals surface area contributed by atoms with Crippen molar-refractivity contribution >= 4 is 11.4 Å². The Balaban J connectivity index is 2.30. The largest absolute Gasteiger partial charge is 0.373 e. The Morgan fingerprint density at radius 3 is 2.38 bits per heavy atom. The second-order valence-electron chi connectivity index (χ2n) is 5.49. The number of hydrogen-bond acceptors (Lipinski definition) is 3. The molecule has 2 aromatic rings. The van der Waals surface area contributed by atoms with E-state index in [4.69, 9.17) is 0 Å². The smallest absolute Gasteiger partial charge is 0.292 e. The fourth-order valence-electron chi connectivity index (χ4n) is 2.28. The van der Waals surface area contributed by atoms with Gasteiger partial charge >= 0.3 is 0 Å². The van der Waals surface area contributed by atoms with Crippen molar-refractivity contribution in [3.05, 3.63) is 68.8 Å². The number of nitrogens with one attached hydrogen (secondary N) is 1. The van der Waals surface area contributed by atoms with Gasteiger partial charge in [0.05, 0.1) is 4.92 Å². The van der Waals surface area contributed by atoms with Crippen LogP contribution in [0.4, 0.5) is 11.4 Å². The lowest BCUT2D eigenvalue weighted by molar-refractivity contribution is -0.384. The van der Waals surface area contributed by atoms with Crippen LogP contribution < -0.4 is 5.32 Å². The van der Waals surface area contributed by atoms with E-state index in [1.54, 1.807) is 12.1 Å². The Morgan fingerprint density at radius 2 is 1.76 bits per heavy atom. The maximum absolute atomic E-state index is 11.1. The second-order valence-corrected chi connectivity index (χ2v) is 5.49. The van der Waals surface area contributed by atoms with Gasteiger partial charge in [-0.05, 0) is 56.0 Å². The molecule has 0 radical (unpaired) electrons. The summed E-state index contributed by atoms with van der Waals surface area (Å²) in [6.45, 7) is 8.08. The molecule has 1 atom stereocenters. The number of benzene rings is 2. The van der Waals surface area contributed by atoms with Gasteiger partial charge in [0.25, 0.3) is 5.69 Å². The molecule has 0 heterocycles. The highest BCUT2D eigenvalue weighted by Crippen LogP contribution is 2.29. The third-order valence-electron chi connectivity index (χ3n) is 3.75. The number of nitrogens with zero attached hydrogens (tertiary/aromatic N) is 1. The van der Waals surface area contributed by atoms with Gasteiger partial charge in [-0.1, -0.05) is 24.3 Å². The van der Waals surface area contributed by atoms with Crippen LogP contribution in [0.25, 0.3) is 0 Å². The summed E-state index contributed by atoms with van der Waals surface area (Å²) in [7, 11) is 0. The van der Waals surface area contributed by atoms with Crippen LogP contribution in [0.2, 0.25) is 0 Å². The van der Waals surface area contributed by atoms with E-state index in [9.17, 15) is 10.1 Å². The highest BCUT2D eigenvalue weighted by molar-refractivity contribution is 5.63. The summed E-state index contributed by atoms with van der Waals surface area (Å²) in [5.74, 6) is 0. The van der Waals surface area contributed by atoms with Crippen LogP contribution in [0, 0.1) is 30.9 Å². The molecular formula is C17H20N2O2. The van der Waals surface area contributed by atoms with Crippen molar-refractivity contribution in [2.45, 2.75) is 33.7 Å². The van der Waals surface area contributed by atoms with E-state index in [0.717, 1.165) is 11.1 Å². The SMILES string of the molecule is Cc1ccc([N+](=O)[O-])c(NC(C)c2ccc(C)c(C)c2)c1. The highest BCUT2D eigenvalue weighted by atomic mass is 16.6. The maximum atomic E-state index is 11.1. The molecule has 0 aliphatic rings. The topological polar surface area (TPSA) is 55.2 Å². The van der Waals surface area contributed by atoms with E-state index in [0.29, 0.717) is 5.69 Å². The first-order chi connectivity index (χ1) is 9.88. The molecule has 0 aliphatic heterocycles. The molecule has 4 nitrogen and oxygen atoms in total. The Labute approximate surface area is 125 Å². The minimum atomic E-state index is -0.352. The normalized spacial score (nSPS) is 12.0. The zero-order valence-corrected chi connectivity index (χ0v) is 12.8. The van der Waals surface area contributed by atoms with E-state index in [2.05, 4.69) is 37.4 Å². The molecule has 1 unspecified atom stereocenters. The number of nitro benzene ring substituents is 1. The Bertz CT molecular complexity index is 680. The molecule has 4 heteroatoms. The molecule has 0 bridgehead atoms. The van der Waals surface area contributed by atoms with Gasteiger partial charge in [0.1, 0.15) is 5.69 Å². The van der Waals surface area contributed by atoms with Crippen molar-refractivity contribution < 1.29 is 4.92 Å². The third kappa shape index (κ3) is 3.40. The zero-order valence-electron chi connectivity index (χ0n) is 12.8.